The molecule has 0 bridgehead atoms. The van der Waals surface area contributed by atoms with Crippen molar-refractivity contribution in [2.45, 2.75) is 4.21 Å². The van der Waals surface area contributed by atoms with Crippen molar-refractivity contribution in [3.8, 4) is 10.4 Å². The molecule has 0 aliphatic rings. The second kappa shape index (κ2) is 4.80. The molecular weight excluding hydrogens is 243 g/mol. The van der Waals surface area contributed by atoms with Gasteiger partial charge in [0.2, 0.25) is 0 Å². The van der Waals surface area contributed by atoms with Gasteiger partial charge in [-0.15, -0.1) is 23.1 Å². The fourth-order valence-electron chi connectivity index (χ4n) is 1.31. The van der Waals surface area contributed by atoms with Crippen molar-refractivity contribution in [1.82, 2.24) is 0 Å². The van der Waals surface area contributed by atoms with Crippen LogP contribution in [0, 0.1) is 5.82 Å². The number of thioether (sulfide) groups is 1. The molecule has 0 fully saturated rings. The van der Waals surface area contributed by atoms with Crippen molar-refractivity contribution in [2.75, 3.05) is 6.26 Å². The van der Waals surface area contributed by atoms with Gasteiger partial charge in [0.25, 0.3) is 0 Å². The van der Waals surface area contributed by atoms with Crippen molar-refractivity contribution in [2.24, 2.45) is 0 Å². The zero-order valence-corrected chi connectivity index (χ0v) is 10.2. The van der Waals surface area contributed by atoms with Crippen LogP contribution in [0.25, 0.3) is 10.4 Å². The summed E-state index contributed by atoms with van der Waals surface area (Å²) >= 11 is 3.08. The summed E-state index contributed by atoms with van der Waals surface area (Å²) in [7, 11) is 0. The van der Waals surface area contributed by atoms with E-state index < -0.39 is 0 Å². The van der Waals surface area contributed by atoms with Crippen molar-refractivity contribution in [3.05, 3.63) is 52.4 Å². The van der Waals surface area contributed by atoms with Gasteiger partial charge >= 0.3 is 0 Å². The van der Waals surface area contributed by atoms with Crippen LogP contribution in [0.15, 0.2) is 45.4 Å². The van der Waals surface area contributed by atoms with Gasteiger partial charge in [0, 0.05) is 17.0 Å². The molecule has 0 spiro atoms. The van der Waals surface area contributed by atoms with Gasteiger partial charge in [-0.1, -0.05) is 12.1 Å². The molecule has 0 atom stereocenters. The molecule has 1 nitrogen and oxygen atoms in total. The summed E-state index contributed by atoms with van der Waals surface area (Å²) in [4.78, 5) is 12.3. The average molecular weight is 252 g/mol. The van der Waals surface area contributed by atoms with E-state index in [1.54, 1.807) is 24.3 Å². The van der Waals surface area contributed by atoms with Gasteiger partial charge in [0.1, 0.15) is 5.82 Å². The van der Waals surface area contributed by atoms with E-state index >= 15 is 0 Å². The highest BCUT2D eigenvalue weighted by molar-refractivity contribution is 8.00. The molecule has 2 aromatic rings. The van der Waals surface area contributed by atoms with Crippen LogP contribution in [0.2, 0.25) is 0 Å². The first-order valence-electron chi connectivity index (χ1n) is 4.64. The molecule has 4 heteroatoms. The van der Waals surface area contributed by atoms with Gasteiger partial charge < -0.3 is 0 Å². The van der Waals surface area contributed by atoms with Gasteiger partial charge in [-0.2, -0.15) is 0 Å². The SMILES string of the molecule is CSc1cc(=O)cc(-c2ccc(F)cc2)s1. The predicted octanol–water partition coefficient (Wildman–Crippen LogP) is 3.64. The summed E-state index contributed by atoms with van der Waals surface area (Å²) in [5.41, 5.74) is 0.863. The lowest BCUT2D eigenvalue weighted by Gasteiger charge is -2.01. The smallest absolute Gasteiger partial charge is 0.182 e. The number of benzene rings is 1. The highest BCUT2D eigenvalue weighted by Crippen LogP contribution is 2.28. The molecule has 0 aliphatic heterocycles. The zero-order valence-electron chi connectivity index (χ0n) is 8.57. The highest BCUT2D eigenvalue weighted by atomic mass is 32.2. The van der Waals surface area contributed by atoms with Crippen LogP contribution in [0.1, 0.15) is 0 Å². The van der Waals surface area contributed by atoms with Crippen molar-refractivity contribution >= 4 is 23.1 Å². The van der Waals surface area contributed by atoms with Gasteiger partial charge in [-0.3, -0.25) is 4.79 Å². The monoisotopic (exact) mass is 252 g/mol. The summed E-state index contributed by atoms with van der Waals surface area (Å²) in [5.74, 6) is -0.267. The van der Waals surface area contributed by atoms with E-state index in [1.807, 2.05) is 6.26 Å². The Balaban J connectivity index is 2.51. The molecule has 0 saturated carbocycles. The molecule has 0 saturated heterocycles. The summed E-state index contributed by atoms with van der Waals surface area (Å²) < 4.78 is 13.7. The zero-order chi connectivity index (χ0) is 11.5. The molecule has 82 valence electrons. The van der Waals surface area contributed by atoms with Crippen LogP contribution in [0.3, 0.4) is 0 Å². The van der Waals surface area contributed by atoms with Gasteiger partial charge in [0.05, 0.1) is 4.21 Å². The maximum atomic E-state index is 12.8. The minimum atomic E-state index is -0.267. The van der Waals surface area contributed by atoms with Crippen LogP contribution in [0.4, 0.5) is 4.39 Å². The first-order valence-corrected chi connectivity index (χ1v) is 6.68. The Morgan fingerprint density at radius 2 is 1.88 bits per heavy atom. The Kier molecular flexibility index (Phi) is 3.41. The van der Waals surface area contributed by atoms with Gasteiger partial charge in [0.15, 0.2) is 5.43 Å². The number of hydrogen-bond acceptors (Lipinski definition) is 3. The molecule has 0 aliphatic carbocycles. The molecule has 1 aromatic heterocycles. The van der Waals surface area contributed by atoms with Crippen molar-refractivity contribution < 1.29 is 4.39 Å². The first kappa shape index (κ1) is 11.4. The quantitative estimate of drug-likeness (QED) is 0.759. The van der Waals surface area contributed by atoms with E-state index in [1.165, 1.54) is 35.2 Å². The van der Waals surface area contributed by atoms with E-state index in [0.717, 1.165) is 14.6 Å². The minimum absolute atomic E-state index is 0.0116. The molecule has 1 heterocycles. The van der Waals surface area contributed by atoms with Gasteiger partial charge in [-0.05, 0) is 24.0 Å². The molecular formula is C12H9FOS2. The second-order valence-electron chi connectivity index (χ2n) is 3.19. The molecule has 16 heavy (non-hydrogen) atoms. The normalized spacial score (nSPS) is 10.4. The molecule has 0 amide bonds. The fourth-order valence-corrected chi connectivity index (χ4v) is 2.97. The van der Waals surface area contributed by atoms with E-state index in [-0.39, 0.29) is 11.2 Å². The largest absolute Gasteiger partial charge is 0.290 e. The molecule has 0 radical (unpaired) electrons. The molecule has 0 unspecified atom stereocenters. The molecule has 2 rings (SSSR count). The predicted molar refractivity (Wildman–Crippen MR) is 67.8 cm³/mol. The van der Waals surface area contributed by atoms with E-state index in [9.17, 15) is 9.18 Å². The summed E-state index contributed by atoms with van der Waals surface area (Å²) in [5, 5.41) is 0. The summed E-state index contributed by atoms with van der Waals surface area (Å²) in [6.45, 7) is 0. The van der Waals surface area contributed by atoms with E-state index in [0.29, 0.717) is 0 Å². The highest BCUT2D eigenvalue weighted by Gasteiger charge is 2.02. The standard InChI is InChI=1S/C12H9FOS2/c1-15-12-7-10(14)6-11(16-12)8-2-4-9(13)5-3-8/h2-7H,1H3. The number of rotatable bonds is 2. The lowest BCUT2D eigenvalue weighted by atomic mass is 10.2. The lowest BCUT2D eigenvalue weighted by molar-refractivity contribution is 0.628. The van der Waals surface area contributed by atoms with Crippen LogP contribution < -0.4 is 5.43 Å². The van der Waals surface area contributed by atoms with Crippen LogP contribution >= 0.6 is 23.1 Å². The first-order chi connectivity index (χ1) is 7.69. The van der Waals surface area contributed by atoms with Crippen LogP contribution in [-0.2, 0) is 0 Å². The Morgan fingerprint density at radius 3 is 2.50 bits per heavy atom. The minimum Gasteiger partial charge on any atom is -0.290 e. The Bertz CT molecular complexity index is 546. The molecule has 1 aromatic carbocycles. The van der Waals surface area contributed by atoms with E-state index in [2.05, 4.69) is 0 Å². The number of halogens is 1. The Labute approximate surface area is 101 Å². The lowest BCUT2D eigenvalue weighted by Crippen LogP contribution is -1.95. The molecule has 0 N–H and O–H groups in total. The Hall–Kier alpha value is -1.13. The summed E-state index contributed by atoms with van der Waals surface area (Å²) in [6.07, 6.45) is 1.93. The van der Waals surface area contributed by atoms with Gasteiger partial charge in [-0.25, -0.2) is 4.39 Å². The maximum Gasteiger partial charge on any atom is 0.182 e. The van der Waals surface area contributed by atoms with Crippen molar-refractivity contribution in [1.29, 1.82) is 0 Å². The third kappa shape index (κ3) is 2.51. The van der Waals surface area contributed by atoms with Crippen LogP contribution in [-0.4, -0.2) is 6.26 Å². The van der Waals surface area contributed by atoms with Crippen LogP contribution in [0.5, 0.6) is 0 Å². The Morgan fingerprint density at radius 1 is 1.19 bits per heavy atom. The number of hydrogen-bond donors (Lipinski definition) is 0. The summed E-state index contributed by atoms with van der Waals surface area (Å²) in [6, 6.07) is 9.37. The second-order valence-corrected chi connectivity index (χ2v) is 5.38. The topological polar surface area (TPSA) is 17.1 Å². The fraction of sp³-hybridized carbons (Fsp3) is 0.0833. The van der Waals surface area contributed by atoms with Crippen molar-refractivity contribution in [3.63, 3.8) is 0 Å². The maximum absolute atomic E-state index is 12.8. The third-order valence-corrected chi connectivity index (χ3v) is 4.24. The third-order valence-electron chi connectivity index (χ3n) is 2.07. The average Bonchev–Trinajstić information content (AvgIpc) is 2.29. The van der Waals surface area contributed by atoms with E-state index in [4.69, 9.17) is 0 Å².